The standard InChI is InChI=1S/C23H30ClN3O5S2/c1-18-9-11-20(12-10-18)34(31,32)26-16-14-25(15-17-26)23(28)8-5-13-27(33(3,29)30)22-7-4-6-21(24)19(22)2/h4,6-7,9-12H,5,8,13-17H2,1-3H3. The van der Waals surface area contributed by atoms with Gasteiger partial charge in [0.05, 0.1) is 16.8 Å². The molecule has 1 aliphatic rings. The number of nitrogens with zero attached hydrogens (tertiary/aromatic N) is 3. The lowest BCUT2D eigenvalue weighted by molar-refractivity contribution is -0.132. The maximum atomic E-state index is 12.9. The van der Waals surface area contributed by atoms with Gasteiger partial charge < -0.3 is 4.90 Å². The summed E-state index contributed by atoms with van der Waals surface area (Å²) in [6, 6.07) is 11.8. The van der Waals surface area contributed by atoms with Crippen LogP contribution in [-0.2, 0) is 24.8 Å². The second kappa shape index (κ2) is 10.6. The SMILES string of the molecule is Cc1ccc(S(=O)(=O)N2CCN(C(=O)CCCN(c3cccc(Cl)c3C)S(C)(=O)=O)CC2)cc1. The van der Waals surface area contributed by atoms with E-state index >= 15 is 0 Å². The van der Waals surface area contributed by atoms with E-state index in [-0.39, 0.29) is 36.9 Å². The van der Waals surface area contributed by atoms with Crippen LogP contribution in [0.5, 0.6) is 0 Å². The van der Waals surface area contributed by atoms with Crippen molar-refractivity contribution >= 4 is 43.2 Å². The number of rotatable bonds is 8. The van der Waals surface area contributed by atoms with Crippen molar-refractivity contribution in [2.75, 3.05) is 43.3 Å². The van der Waals surface area contributed by atoms with Crippen molar-refractivity contribution in [3.63, 3.8) is 0 Å². The molecule has 0 bridgehead atoms. The second-order valence-electron chi connectivity index (χ2n) is 8.42. The Balaban J connectivity index is 1.56. The van der Waals surface area contributed by atoms with Crippen LogP contribution in [0.1, 0.15) is 24.0 Å². The van der Waals surface area contributed by atoms with Gasteiger partial charge in [-0.05, 0) is 50.1 Å². The third kappa shape index (κ3) is 6.10. The van der Waals surface area contributed by atoms with Gasteiger partial charge in [-0.2, -0.15) is 4.31 Å². The molecule has 0 unspecified atom stereocenters. The predicted molar refractivity (Wildman–Crippen MR) is 134 cm³/mol. The van der Waals surface area contributed by atoms with Crippen LogP contribution in [-0.4, -0.2) is 70.9 Å². The van der Waals surface area contributed by atoms with Crippen LogP contribution in [0.15, 0.2) is 47.4 Å². The molecule has 0 saturated carbocycles. The quantitative estimate of drug-likeness (QED) is 0.526. The Labute approximate surface area is 207 Å². The molecule has 2 aromatic carbocycles. The fraction of sp³-hybridized carbons (Fsp3) is 0.435. The highest BCUT2D eigenvalue weighted by atomic mass is 35.5. The number of halogens is 1. The van der Waals surface area contributed by atoms with Crippen LogP contribution in [0.4, 0.5) is 5.69 Å². The van der Waals surface area contributed by atoms with Crippen LogP contribution in [0.3, 0.4) is 0 Å². The van der Waals surface area contributed by atoms with Gasteiger partial charge in [0.1, 0.15) is 0 Å². The molecule has 8 nitrogen and oxygen atoms in total. The summed E-state index contributed by atoms with van der Waals surface area (Å²) in [5.41, 5.74) is 2.14. The first-order valence-corrected chi connectivity index (χ1v) is 14.7. The maximum Gasteiger partial charge on any atom is 0.243 e. The highest BCUT2D eigenvalue weighted by Crippen LogP contribution is 2.28. The van der Waals surface area contributed by atoms with Crippen molar-refractivity contribution < 1.29 is 21.6 Å². The summed E-state index contributed by atoms with van der Waals surface area (Å²) in [5, 5.41) is 0.473. The topological polar surface area (TPSA) is 95.1 Å². The number of piperazine rings is 1. The number of sulfonamides is 2. The Morgan fingerprint density at radius 1 is 0.971 bits per heavy atom. The number of anilines is 1. The van der Waals surface area contributed by atoms with Crippen molar-refractivity contribution in [3.8, 4) is 0 Å². The smallest absolute Gasteiger partial charge is 0.243 e. The Kier molecular flexibility index (Phi) is 8.28. The molecular weight excluding hydrogens is 498 g/mol. The van der Waals surface area contributed by atoms with Gasteiger partial charge in [0.2, 0.25) is 26.0 Å². The minimum absolute atomic E-state index is 0.122. The average Bonchev–Trinajstić information content (AvgIpc) is 2.78. The first kappa shape index (κ1) is 26.5. The van der Waals surface area contributed by atoms with Gasteiger partial charge in [-0.1, -0.05) is 35.4 Å². The number of carbonyl (C=O) groups is 1. The summed E-state index contributed by atoms with van der Waals surface area (Å²) in [4.78, 5) is 14.6. The van der Waals surface area contributed by atoms with Crippen LogP contribution in [0.25, 0.3) is 0 Å². The molecule has 1 fully saturated rings. The molecule has 0 aromatic heterocycles. The van der Waals surface area contributed by atoms with Gasteiger partial charge in [0, 0.05) is 44.2 Å². The van der Waals surface area contributed by atoms with Gasteiger partial charge in [-0.15, -0.1) is 0 Å². The minimum atomic E-state index is -3.60. The molecule has 11 heteroatoms. The lowest BCUT2D eigenvalue weighted by atomic mass is 10.2. The van der Waals surface area contributed by atoms with Crippen molar-refractivity contribution in [1.29, 1.82) is 0 Å². The zero-order chi connectivity index (χ0) is 25.1. The van der Waals surface area contributed by atoms with E-state index in [0.29, 0.717) is 35.8 Å². The largest absolute Gasteiger partial charge is 0.340 e. The van der Waals surface area contributed by atoms with E-state index in [4.69, 9.17) is 11.6 Å². The summed E-state index contributed by atoms with van der Waals surface area (Å²) in [7, 11) is -7.16. The van der Waals surface area contributed by atoms with Crippen LogP contribution >= 0.6 is 11.6 Å². The first-order valence-electron chi connectivity index (χ1n) is 11.0. The van der Waals surface area contributed by atoms with Crippen molar-refractivity contribution in [3.05, 3.63) is 58.6 Å². The van der Waals surface area contributed by atoms with Crippen LogP contribution in [0.2, 0.25) is 5.02 Å². The highest BCUT2D eigenvalue weighted by Gasteiger charge is 2.30. The monoisotopic (exact) mass is 527 g/mol. The second-order valence-corrected chi connectivity index (χ2v) is 12.7. The fourth-order valence-electron chi connectivity index (χ4n) is 3.90. The lowest BCUT2D eigenvalue weighted by Gasteiger charge is -2.34. The third-order valence-electron chi connectivity index (χ3n) is 5.91. The van der Waals surface area contributed by atoms with E-state index < -0.39 is 20.0 Å². The van der Waals surface area contributed by atoms with E-state index in [1.807, 2.05) is 6.92 Å². The van der Waals surface area contributed by atoms with E-state index in [1.165, 1.54) is 8.61 Å². The normalized spacial score (nSPS) is 15.4. The average molecular weight is 528 g/mol. The zero-order valence-electron chi connectivity index (χ0n) is 19.6. The van der Waals surface area contributed by atoms with Crippen molar-refractivity contribution in [2.45, 2.75) is 31.6 Å². The molecule has 1 amide bonds. The molecule has 0 spiro atoms. The zero-order valence-corrected chi connectivity index (χ0v) is 22.0. The summed E-state index contributed by atoms with van der Waals surface area (Å²) < 4.78 is 53.1. The minimum Gasteiger partial charge on any atom is -0.340 e. The number of benzene rings is 2. The number of amides is 1. The Morgan fingerprint density at radius 2 is 1.59 bits per heavy atom. The number of carbonyl (C=O) groups excluding carboxylic acids is 1. The van der Waals surface area contributed by atoms with E-state index in [0.717, 1.165) is 11.8 Å². The molecule has 3 rings (SSSR count). The van der Waals surface area contributed by atoms with E-state index in [9.17, 15) is 21.6 Å². The van der Waals surface area contributed by atoms with Crippen molar-refractivity contribution in [2.24, 2.45) is 0 Å². The molecule has 0 N–H and O–H groups in total. The van der Waals surface area contributed by atoms with Gasteiger partial charge in [-0.25, -0.2) is 16.8 Å². The number of aryl methyl sites for hydroxylation is 1. The third-order valence-corrected chi connectivity index (χ3v) is 9.41. The summed E-state index contributed by atoms with van der Waals surface area (Å²) in [5.74, 6) is -0.122. The Hall–Kier alpha value is -2.14. The molecule has 1 saturated heterocycles. The van der Waals surface area contributed by atoms with Gasteiger partial charge >= 0.3 is 0 Å². The molecule has 2 aromatic rings. The molecule has 186 valence electrons. The predicted octanol–water partition coefficient (Wildman–Crippen LogP) is 3.04. The highest BCUT2D eigenvalue weighted by molar-refractivity contribution is 7.92. The van der Waals surface area contributed by atoms with Crippen LogP contribution < -0.4 is 4.31 Å². The lowest BCUT2D eigenvalue weighted by Crippen LogP contribution is -2.50. The Morgan fingerprint density at radius 3 is 2.18 bits per heavy atom. The summed E-state index contributed by atoms with van der Waals surface area (Å²) in [6.07, 6.45) is 1.62. The van der Waals surface area contributed by atoms with Gasteiger partial charge in [0.25, 0.3) is 0 Å². The Bertz CT molecular complexity index is 1240. The number of hydrogen-bond acceptors (Lipinski definition) is 5. The molecule has 1 aliphatic heterocycles. The fourth-order valence-corrected chi connectivity index (χ4v) is 6.51. The molecule has 34 heavy (non-hydrogen) atoms. The molecule has 0 radical (unpaired) electrons. The van der Waals surface area contributed by atoms with Crippen LogP contribution in [0, 0.1) is 13.8 Å². The summed E-state index contributed by atoms with van der Waals surface area (Å²) >= 11 is 6.15. The van der Waals surface area contributed by atoms with E-state index in [2.05, 4.69) is 0 Å². The summed E-state index contributed by atoms with van der Waals surface area (Å²) in [6.45, 7) is 4.84. The van der Waals surface area contributed by atoms with Gasteiger partial charge in [0.15, 0.2) is 0 Å². The molecule has 0 atom stereocenters. The first-order chi connectivity index (χ1) is 15.9. The molecule has 1 heterocycles. The van der Waals surface area contributed by atoms with E-state index in [1.54, 1.807) is 54.3 Å². The number of hydrogen-bond donors (Lipinski definition) is 0. The van der Waals surface area contributed by atoms with Crippen molar-refractivity contribution in [1.82, 2.24) is 9.21 Å². The molecular formula is C23H30ClN3O5S2. The maximum absolute atomic E-state index is 12.9. The molecule has 0 aliphatic carbocycles. The van der Waals surface area contributed by atoms with Gasteiger partial charge in [-0.3, -0.25) is 9.10 Å².